The van der Waals surface area contributed by atoms with Crippen LogP contribution in [0, 0.1) is 11.8 Å². The number of carboxylic acids is 1. The van der Waals surface area contributed by atoms with Crippen molar-refractivity contribution in [1.29, 1.82) is 0 Å². The minimum absolute atomic E-state index is 0.262. The molecular weight excluding hydrogens is 370 g/mol. The second-order valence-electron chi connectivity index (χ2n) is 7.30. The lowest BCUT2D eigenvalue weighted by Gasteiger charge is -2.23. The van der Waals surface area contributed by atoms with Gasteiger partial charge in [-0.25, -0.2) is 4.79 Å². The standard InChI is InChI=1S/C19H23NO6S/c1-2-25-19(24)13-9-5-3-4-6-12(9)27-17(13)20-16(21)14-10-7-8-11(26-10)15(14)18(22)23/h10-11,14-15H,2-8H2,1H3,(H,20,21)(H,22,23)/t10-,11-,14+,15-/m0/s1. The van der Waals surface area contributed by atoms with E-state index in [1.54, 1.807) is 6.92 Å². The Hall–Kier alpha value is -1.93. The number of thiophene rings is 1. The summed E-state index contributed by atoms with van der Waals surface area (Å²) in [5.74, 6) is -3.36. The van der Waals surface area contributed by atoms with E-state index in [0.717, 1.165) is 36.1 Å². The zero-order chi connectivity index (χ0) is 19.1. The predicted octanol–water partition coefficient (Wildman–Crippen LogP) is 2.62. The Morgan fingerprint density at radius 1 is 1.19 bits per heavy atom. The summed E-state index contributed by atoms with van der Waals surface area (Å²) in [6.07, 6.45) is 4.35. The molecule has 8 heteroatoms. The topological polar surface area (TPSA) is 102 Å². The molecule has 2 saturated heterocycles. The highest BCUT2D eigenvalue weighted by atomic mass is 32.1. The second kappa shape index (κ2) is 7.24. The molecule has 3 aliphatic rings. The number of carbonyl (C=O) groups is 3. The Balaban J connectivity index is 1.62. The van der Waals surface area contributed by atoms with E-state index in [0.29, 0.717) is 23.4 Å². The molecule has 3 heterocycles. The van der Waals surface area contributed by atoms with Gasteiger partial charge in [0, 0.05) is 4.88 Å². The lowest BCUT2D eigenvalue weighted by molar-refractivity contribution is -0.147. The highest BCUT2D eigenvalue weighted by Crippen LogP contribution is 2.45. The molecule has 1 aliphatic carbocycles. The Kier molecular flexibility index (Phi) is 4.94. The summed E-state index contributed by atoms with van der Waals surface area (Å²) >= 11 is 1.41. The van der Waals surface area contributed by atoms with Crippen LogP contribution in [0.3, 0.4) is 0 Å². The van der Waals surface area contributed by atoms with Gasteiger partial charge in [0.05, 0.1) is 36.2 Å². The largest absolute Gasteiger partial charge is 0.481 e. The Labute approximate surface area is 161 Å². The summed E-state index contributed by atoms with van der Waals surface area (Å²) in [6.45, 7) is 2.01. The number of hydrogen-bond acceptors (Lipinski definition) is 6. The first-order chi connectivity index (χ1) is 13.0. The van der Waals surface area contributed by atoms with Gasteiger partial charge in [-0.3, -0.25) is 9.59 Å². The zero-order valence-corrected chi connectivity index (χ0v) is 16.0. The van der Waals surface area contributed by atoms with Gasteiger partial charge < -0.3 is 19.9 Å². The van der Waals surface area contributed by atoms with Crippen LogP contribution >= 0.6 is 11.3 Å². The van der Waals surface area contributed by atoms with E-state index < -0.39 is 29.9 Å². The van der Waals surface area contributed by atoms with Crippen LogP contribution in [-0.4, -0.2) is 41.8 Å². The maximum absolute atomic E-state index is 13.0. The van der Waals surface area contributed by atoms with Gasteiger partial charge in [0.15, 0.2) is 0 Å². The maximum atomic E-state index is 13.0. The van der Waals surface area contributed by atoms with Crippen LogP contribution in [0.15, 0.2) is 0 Å². The molecule has 0 radical (unpaired) electrons. The molecule has 4 rings (SSSR count). The van der Waals surface area contributed by atoms with Crippen LogP contribution in [0.4, 0.5) is 5.00 Å². The number of ether oxygens (including phenoxy) is 2. The molecular formula is C19H23NO6S. The first-order valence-corrected chi connectivity index (χ1v) is 10.3. The van der Waals surface area contributed by atoms with Crippen LogP contribution < -0.4 is 5.32 Å². The maximum Gasteiger partial charge on any atom is 0.341 e. The molecule has 2 bridgehead atoms. The average molecular weight is 393 g/mol. The van der Waals surface area contributed by atoms with E-state index in [2.05, 4.69) is 5.32 Å². The highest BCUT2D eigenvalue weighted by Gasteiger charge is 2.55. The number of esters is 1. The van der Waals surface area contributed by atoms with Crippen LogP contribution in [-0.2, 0) is 31.9 Å². The van der Waals surface area contributed by atoms with Crippen molar-refractivity contribution in [2.24, 2.45) is 11.8 Å². The smallest absolute Gasteiger partial charge is 0.341 e. The van der Waals surface area contributed by atoms with E-state index in [1.165, 1.54) is 11.3 Å². The number of nitrogens with one attached hydrogen (secondary N) is 1. The van der Waals surface area contributed by atoms with Crippen molar-refractivity contribution in [1.82, 2.24) is 0 Å². The number of aryl methyl sites for hydroxylation is 1. The van der Waals surface area contributed by atoms with Gasteiger partial charge in [-0.15, -0.1) is 11.3 Å². The Morgan fingerprint density at radius 2 is 1.89 bits per heavy atom. The minimum Gasteiger partial charge on any atom is -0.481 e. The van der Waals surface area contributed by atoms with Crippen molar-refractivity contribution in [3.8, 4) is 0 Å². The predicted molar refractivity (Wildman–Crippen MR) is 98.1 cm³/mol. The molecule has 2 N–H and O–H groups in total. The number of rotatable bonds is 5. The molecule has 4 atom stereocenters. The third-order valence-electron chi connectivity index (χ3n) is 5.75. The highest BCUT2D eigenvalue weighted by molar-refractivity contribution is 7.17. The number of amides is 1. The third-order valence-corrected chi connectivity index (χ3v) is 6.96. The second-order valence-corrected chi connectivity index (χ2v) is 8.41. The van der Waals surface area contributed by atoms with E-state index in [9.17, 15) is 19.5 Å². The van der Waals surface area contributed by atoms with Crippen LogP contribution in [0.25, 0.3) is 0 Å². The lowest BCUT2D eigenvalue weighted by Crippen LogP contribution is -2.41. The van der Waals surface area contributed by atoms with Crippen LogP contribution in [0.5, 0.6) is 0 Å². The van der Waals surface area contributed by atoms with Crippen molar-refractivity contribution >= 4 is 34.2 Å². The molecule has 2 aliphatic heterocycles. The van der Waals surface area contributed by atoms with Crippen LogP contribution in [0.1, 0.15) is 53.4 Å². The van der Waals surface area contributed by atoms with Crippen molar-refractivity contribution < 1.29 is 29.0 Å². The minimum atomic E-state index is -1.00. The molecule has 27 heavy (non-hydrogen) atoms. The monoisotopic (exact) mass is 393 g/mol. The van der Waals surface area contributed by atoms with Gasteiger partial charge in [-0.2, -0.15) is 0 Å². The molecule has 0 saturated carbocycles. The summed E-state index contributed by atoms with van der Waals surface area (Å²) in [4.78, 5) is 38.2. The lowest BCUT2D eigenvalue weighted by atomic mass is 9.78. The number of aliphatic carboxylic acids is 1. The van der Waals surface area contributed by atoms with Crippen molar-refractivity contribution in [3.63, 3.8) is 0 Å². The number of anilines is 1. The SMILES string of the molecule is CCOC(=O)c1c(NC(=O)[C@H]2[C@@H](C(=O)O)[C@@H]3CC[C@@H]2O3)sc2c1CCCC2. The summed E-state index contributed by atoms with van der Waals surface area (Å²) < 4.78 is 10.9. The first kappa shape index (κ1) is 18.4. The van der Waals surface area contributed by atoms with E-state index >= 15 is 0 Å². The molecule has 0 spiro atoms. The van der Waals surface area contributed by atoms with E-state index in [1.807, 2.05) is 0 Å². The number of fused-ring (bicyclic) bond motifs is 3. The van der Waals surface area contributed by atoms with Gasteiger partial charge >= 0.3 is 11.9 Å². The van der Waals surface area contributed by atoms with Gasteiger partial charge in [0.2, 0.25) is 5.91 Å². The molecule has 146 valence electrons. The number of hydrogen-bond donors (Lipinski definition) is 2. The fourth-order valence-corrected chi connectivity index (χ4v) is 5.87. The number of carboxylic acid groups (broad SMARTS) is 1. The fraction of sp³-hybridized carbons (Fsp3) is 0.632. The molecule has 1 amide bonds. The van der Waals surface area contributed by atoms with Gasteiger partial charge in [0.1, 0.15) is 5.00 Å². The van der Waals surface area contributed by atoms with Crippen molar-refractivity contribution in [2.45, 2.75) is 57.7 Å². The zero-order valence-electron chi connectivity index (χ0n) is 15.2. The summed E-state index contributed by atoms with van der Waals surface area (Å²) in [7, 11) is 0. The third kappa shape index (κ3) is 3.14. The van der Waals surface area contributed by atoms with Gasteiger partial charge in [0.25, 0.3) is 0 Å². The van der Waals surface area contributed by atoms with E-state index in [4.69, 9.17) is 9.47 Å². The quantitative estimate of drug-likeness (QED) is 0.746. The summed E-state index contributed by atoms with van der Waals surface area (Å²) in [5, 5.41) is 12.9. The average Bonchev–Trinajstić information content (AvgIpc) is 3.33. The number of carbonyl (C=O) groups excluding carboxylic acids is 2. The molecule has 7 nitrogen and oxygen atoms in total. The molecule has 1 aromatic heterocycles. The first-order valence-electron chi connectivity index (χ1n) is 9.52. The summed E-state index contributed by atoms with van der Waals surface area (Å²) in [6, 6.07) is 0. The normalized spacial score (nSPS) is 28.6. The van der Waals surface area contributed by atoms with Crippen molar-refractivity contribution in [3.05, 3.63) is 16.0 Å². The Bertz CT molecular complexity index is 787. The molecule has 1 aromatic rings. The molecule has 0 aromatic carbocycles. The van der Waals surface area contributed by atoms with Crippen molar-refractivity contribution in [2.75, 3.05) is 11.9 Å². The van der Waals surface area contributed by atoms with Crippen LogP contribution in [0.2, 0.25) is 0 Å². The van der Waals surface area contributed by atoms with Gasteiger partial charge in [-0.05, 0) is 51.0 Å². The van der Waals surface area contributed by atoms with E-state index in [-0.39, 0.29) is 18.6 Å². The molecule has 2 fully saturated rings. The fourth-order valence-electron chi connectivity index (χ4n) is 4.59. The molecule has 0 unspecified atom stereocenters. The summed E-state index contributed by atoms with van der Waals surface area (Å²) in [5.41, 5.74) is 1.42. The Morgan fingerprint density at radius 3 is 2.59 bits per heavy atom. The van der Waals surface area contributed by atoms with Gasteiger partial charge in [-0.1, -0.05) is 0 Å².